The van der Waals surface area contributed by atoms with E-state index in [4.69, 9.17) is 4.74 Å². The molecule has 0 amide bonds. The monoisotopic (exact) mass is 249 g/mol. The van der Waals surface area contributed by atoms with E-state index in [1.54, 1.807) is 7.11 Å². The average Bonchev–Trinajstić information content (AvgIpc) is 2.91. The largest absolute Gasteiger partial charge is 0.497 e. The molecular formula is C14H19NOS. The second-order valence-corrected chi connectivity index (χ2v) is 6.05. The number of thioether (sulfide) groups is 1. The zero-order chi connectivity index (χ0) is 11.7. The van der Waals surface area contributed by atoms with Crippen molar-refractivity contribution in [3.63, 3.8) is 0 Å². The SMILES string of the molecule is COc1ccc2c(c1)NCCC2C1CCSC1. The fourth-order valence-corrected chi connectivity index (χ4v) is 4.35. The number of nitrogens with one attached hydrogen (secondary N) is 1. The van der Waals surface area contributed by atoms with E-state index in [9.17, 15) is 0 Å². The third kappa shape index (κ3) is 2.13. The molecule has 0 aliphatic carbocycles. The van der Waals surface area contributed by atoms with Crippen LogP contribution in [0.1, 0.15) is 24.3 Å². The molecule has 3 heteroatoms. The molecule has 2 unspecified atom stereocenters. The molecule has 0 saturated carbocycles. The first-order valence-electron chi connectivity index (χ1n) is 6.38. The summed E-state index contributed by atoms with van der Waals surface area (Å²) in [6.45, 7) is 1.10. The first kappa shape index (κ1) is 11.3. The molecule has 3 rings (SSSR count). The van der Waals surface area contributed by atoms with E-state index in [0.29, 0.717) is 0 Å². The summed E-state index contributed by atoms with van der Waals surface area (Å²) >= 11 is 2.11. The van der Waals surface area contributed by atoms with Crippen molar-refractivity contribution in [2.75, 3.05) is 30.5 Å². The van der Waals surface area contributed by atoms with Gasteiger partial charge in [-0.15, -0.1) is 0 Å². The maximum atomic E-state index is 5.30. The Kier molecular flexibility index (Phi) is 3.19. The van der Waals surface area contributed by atoms with Crippen LogP contribution in [0.5, 0.6) is 5.75 Å². The van der Waals surface area contributed by atoms with E-state index in [1.807, 2.05) is 0 Å². The Balaban J connectivity index is 1.90. The van der Waals surface area contributed by atoms with E-state index in [-0.39, 0.29) is 0 Å². The Morgan fingerprint density at radius 2 is 2.29 bits per heavy atom. The van der Waals surface area contributed by atoms with Gasteiger partial charge in [-0.3, -0.25) is 0 Å². The second-order valence-electron chi connectivity index (χ2n) is 4.90. The first-order chi connectivity index (χ1) is 8.38. The van der Waals surface area contributed by atoms with Crippen molar-refractivity contribution in [1.82, 2.24) is 0 Å². The lowest BCUT2D eigenvalue weighted by Gasteiger charge is -2.31. The molecule has 2 aliphatic rings. The Bertz CT molecular complexity index is 401. The van der Waals surface area contributed by atoms with E-state index < -0.39 is 0 Å². The Labute approximate surface area is 107 Å². The van der Waals surface area contributed by atoms with Gasteiger partial charge in [-0.05, 0) is 47.8 Å². The molecule has 1 aromatic carbocycles. The molecule has 1 aromatic rings. The van der Waals surface area contributed by atoms with Crippen LogP contribution in [-0.2, 0) is 0 Å². The van der Waals surface area contributed by atoms with E-state index >= 15 is 0 Å². The lowest BCUT2D eigenvalue weighted by atomic mass is 9.80. The third-order valence-corrected chi connectivity index (χ3v) is 5.15. The summed E-state index contributed by atoms with van der Waals surface area (Å²) < 4.78 is 5.30. The molecular weight excluding hydrogens is 230 g/mol. The first-order valence-corrected chi connectivity index (χ1v) is 7.53. The summed E-state index contributed by atoms with van der Waals surface area (Å²) in [5.41, 5.74) is 2.79. The third-order valence-electron chi connectivity index (χ3n) is 3.96. The van der Waals surface area contributed by atoms with Crippen molar-refractivity contribution in [3.8, 4) is 5.75 Å². The smallest absolute Gasteiger partial charge is 0.120 e. The number of hydrogen-bond acceptors (Lipinski definition) is 3. The van der Waals surface area contributed by atoms with Gasteiger partial charge in [0.2, 0.25) is 0 Å². The van der Waals surface area contributed by atoms with Gasteiger partial charge in [-0.2, -0.15) is 11.8 Å². The number of methoxy groups -OCH3 is 1. The van der Waals surface area contributed by atoms with Crippen LogP contribution in [0.25, 0.3) is 0 Å². The zero-order valence-corrected chi connectivity index (χ0v) is 11.1. The van der Waals surface area contributed by atoms with Crippen molar-refractivity contribution in [1.29, 1.82) is 0 Å². The van der Waals surface area contributed by atoms with Crippen molar-refractivity contribution >= 4 is 17.4 Å². The van der Waals surface area contributed by atoms with Gasteiger partial charge >= 0.3 is 0 Å². The topological polar surface area (TPSA) is 21.3 Å². The predicted molar refractivity (Wildman–Crippen MR) is 74.3 cm³/mol. The molecule has 2 atom stereocenters. The van der Waals surface area contributed by atoms with Crippen molar-refractivity contribution < 1.29 is 4.74 Å². The lowest BCUT2D eigenvalue weighted by molar-refractivity contribution is 0.412. The van der Waals surface area contributed by atoms with Gasteiger partial charge < -0.3 is 10.1 Å². The molecule has 2 nitrogen and oxygen atoms in total. The molecule has 2 aliphatic heterocycles. The van der Waals surface area contributed by atoms with Crippen LogP contribution in [0.4, 0.5) is 5.69 Å². The highest BCUT2D eigenvalue weighted by atomic mass is 32.2. The van der Waals surface area contributed by atoms with Crippen LogP contribution in [-0.4, -0.2) is 25.2 Å². The Morgan fingerprint density at radius 3 is 3.06 bits per heavy atom. The van der Waals surface area contributed by atoms with Crippen LogP contribution in [0, 0.1) is 5.92 Å². The van der Waals surface area contributed by atoms with Crippen LogP contribution < -0.4 is 10.1 Å². The second kappa shape index (κ2) is 4.81. The van der Waals surface area contributed by atoms with Crippen molar-refractivity contribution in [2.24, 2.45) is 5.92 Å². The lowest BCUT2D eigenvalue weighted by Crippen LogP contribution is -2.22. The molecule has 1 saturated heterocycles. The number of anilines is 1. The normalized spacial score (nSPS) is 27.4. The highest BCUT2D eigenvalue weighted by Gasteiger charge is 2.30. The van der Waals surface area contributed by atoms with Crippen molar-refractivity contribution in [2.45, 2.75) is 18.8 Å². The highest BCUT2D eigenvalue weighted by molar-refractivity contribution is 7.99. The molecule has 1 N–H and O–H groups in total. The molecule has 0 spiro atoms. The number of fused-ring (bicyclic) bond motifs is 1. The summed E-state index contributed by atoms with van der Waals surface area (Å²) in [6.07, 6.45) is 2.67. The standard InChI is InChI=1S/C14H19NOS/c1-16-11-2-3-13-12(10-5-7-17-9-10)4-6-15-14(13)8-11/h2-3,8,10,12,15H,4-7,9H2,1H3. The van der Waals surface area contributed by atoms with E-state index in [1.165, 1.54) is 35.6 Å². The Hall–Kier alpha value is -0.830. The van der Waals surface area contributed by atoms with Gasteiger partial charge in [0.15, 0.2) is 0 Å². The minimum atomic E-state index is 0.757. The zero-order valence-electron chi connectivity index (χ0n) is 10.2. The van der Waals surface area contributed by atoms with Crippen LogP contribution in [0.15, 0.2) is 18.2 Å². The molecule has 92 valence electrons. The van der Waals surface area contributed by atoms with Crippen LogP contribution >= 0.6 is 11.8 Å². The van der Waals surface area contributed by atoms with Crippen LogP contribution in [0.3, 0.4) is 0 Å². The quantitative estimate of drug-likeness (QED) is 0.868. The molecule has 0 radical (unpaired) electrons. The van der Waals surface area contributed by atoms with E-state index in [2.05, 4.69) is 35.3 Å². The summed E-state index contributed by atoms with van der Waals surface area (Å²) in [5, 5.41) is 3.50. The maximum absolute atomic E-state index is 5.30. The van der Waals surface area contributed by atoms with Gasteiger partial charge in [0.1, 0.15) is 5.75 Å². The average molecular weight is 249 g/mol. The van der Waals surface area contributed by atoms with Gasteiger partial charge in [0.25, 0.3) is 0 Å². The predicted octanol–water partition coefficient (Wildman–Crippen LogP) is 3.35. The highest BCUT2D eigenvalue weighted by Crippen LogP contribution is 2.43. The van der Waals surface area contributed by atoms with Gasteiger partial charge in [-0.25, -0.2) is 0 Å². The molecule has 0 aromatic heterocycles. The summed E-state index contributed by atoms with van der Waals surface area (Å²) in [6, 6.07) is 6.50. The Morgan fingerprint density at radius 1 is 1.35 bits per heavy atom. The van der Waals surface area contributed by atoms with Crippen LogP contribution in [0.2, 0.25) is 0 Å². The fourth-order valence-electron chi connectivity index (χ4n) is 3.02. The molecule has 2 heterocycles. The van der Waals surface area contributed by atoms with E-state index in [0.717, 1.165) is 24.1 Å². The minimum Gasteiger partial charge on any atom is -0.497 e. The number of rotatable bonds is 2. The molecule has 17 heavy (non-hydrogen) atoms. The number of ether oxygens (including phenoxy) is 1. The minimum absolute atomic E-state index is 0.757. The van der Waals surface area contributed by atoms with Gasteiger partial charge in [0.05, 0.1) is 7.11 Å². The molecule has 1 fully saturated rings. The maximum Gasteiger partial charge on any atom is 0.120 e. The summed E-state index contributed by atoms with van der Waals surface area (Å²) in [5.74, 6) is 5.29. The summed E-state index contributed by atoms with van der Waals surface area (Å²) in [4.78, 5) is 0. The van der Waals surface area contributed by atoms with Gasteiger partial charge in [0, 0.05) is 18.3 Å². The fraction of sp³-hybridized carbons (Fsp3) is 0.571. The van der Waals surface area contributed by atoms with Crippen molar-refractivity contribution in [3.05, 3.63) is 23.8 Å². The van der Waals surface area contributed by atoms with Gasteiger partial charge in [-0.1, -0.05) is 6.07 Å². The number of benzene rings is 1. The summed E-state index contributed by atoms with van der Waals surface area (Å²) in [7, 11) is 1.73. The number of hydrogen-bond donors (Lipinski definition) is 1. The molecule has 0 bridgehead atoms.